The molecule has 0 saturated heterocycles. The van der Waals surface area contributed by atoms with Gasteiger partial charge in [0.15, 0.2) is 0 Å². The van der Waals surface area contributed by atoms with Crippen LogP contribution in [0.25, 0.3) is 21.8 Å². The maximum Gasteiger partial charge on any atom is 0.325 e. The van der Waals surface area contributed by atoms with E-state index < -0.39 is 18.1 Å². The van der Waals surface area contributed by atoms with E-state index in [1.54, 1.807) is 6.20 Å². The third kappa shape index (κ3) is 2.89. The third-order valence-corrected chi connectivity index (χ3v) is 4.89. The van der Waals surface area contributed by atoms with Gasteiger partial charge in [0.2, 0.25) is 0 Å². The number of nitrogens with zero attached hydrogens (tertiary/aromatic N) is 3. The molecule has 4 rings (SSSR count). The Balaban J connectivity index is 2.02. The fraction of sp³-hybridized carbons (Fsp3) is 0.190. The number of benzene rings is 2. The number of aliphatic carboxylic acids is 1. The molecule has 2 aromatic carbocycles. The van der Waals surface area contributed by atoms with Gasteiger partial charge in [-0.05, 0) is 31.0 Å². The second kappa shape index (κ2) is 6.39. The van der Waals surface area contributed by atoms with Crippen molar-refractivity contribution in [3.63, 3.8) is 0 Å². The molecule has 0 fully saturated rings. The summed E-state index contributed by atoms with van der Waals surface area (Å²) >= 11 is 0. The van der Waals surface area contributed by atoms with Gasteiger partial charge in [0.05, 0.1) is 6.20 Å². The van der Waals surface area contributed by atoms with Crippen LogP contribution in [-0.2, 0) is 17.9 Å². The fourth-order valence-electron chi connectivity index (χ4n) is 3.54. The van der Waals surface area contributed by atoms with Gasteiger partial charge >= 0.3 is 5.97 Å². The van der Waals surface area contributed by atoms with Crippen LogP contribution in [0, 0.1) is 13.8 Å². The van der Waals surface area contributed by atoms with Crippen molar-refractivity contribution in [1.82, 2.24) is 14.3 Å². The second-order valence-corrected chi connectivity index (χ2v) is 6.80. The normalized spacial score (nSPS) is 11.3. The second-order valence-electron chi connectivity index (χ2n) is 6.80. The molecule has 0 amide bonds. The van der Waals surface area contributed by atoms with Crippen LogP contribution in [0.1, 0.15) is 16.7 Å². The summed E-state index contributed by atoms with van der Waals surface area (Å²) in [5.74, 6) is -1.10. The zero-order valence-electron chi connectivity index (χ0n) is 15.1. The van der Waals surface area contributed by atoms with E-state index in [4.69, 9.17) is 5.11 Å². The number of hydrogen-bond acceptors (Lipinski definition) is 3. The van der Waals surface area contributed by atoms with Gasteiger partial charge in [-0.1, -0.05) is 42.0 Å². The summed E-state index contributed by atoms with van der Waals surface area (Å²) in [6.45, 7) is 4.16. The van der Waals surface area contributed by atoms with Crippen LogP contribution in [-0.4, -0.2) is 25.4 Å². The molecule has 0 saturated carbocycles. The highest BCUT2D eigenvalue weighted by Crippen LogP contribution is 2.27. The van der Waals surface area contributed by atoms with Crippen molar-refractivity contribution in [3.8, 4) is 0 Å². The lowest BCUT2D eigenvalue weighted by molar-refractivity contribution is -0.138. The molecule has 0 aliphatic carbocycles. The van der Waals surface area contributed by atoms with Crippen molar-refractivity contribution >= 4 is 27.8 Å². The van der Waals surface area contributed by atoms with Gasteiger partial charge in [0.1, 0.15) is 12.1 Å². The monoisotopic (exact) mass is 361 g/mol. The SMILES string of the molecule is Cc1ccc(C)c(Cn2c3ccccc3c3cnn(CC(=O)O)c(=O)c32)c1. The van der Waals surface area contributed by atoms with Crippen LogP contribution >= 0.6 is 0 Å². The van der Waals surface area contributed by atoms with E-state index in [0.29, 0.717) is 12.1 Å². The first kappa shape index (κ1) is 17.0. The van der Waals surface area contributed by atoms with Gasteiger partial charge in [-0.3, -0.25) is 9.59 Å². The van der Waals surface area contributed by atoms with Crippen molar-refractivity contribution in [3.05, 3.63) is 75.7 Å². The quantitative estimate of drug-likeness (QED) is 0.606. The Morgan fingerprint density at radius 3 is 2.67 bits per heavy atom. The Labute approximate surface area is 155 Å². The van der Waals surface area contributed by atoms with E-state index in [1.807, 2.05) is 42.7 Å². The van der Waals surface area contributed by atoms with Crippen molar-refractivity contribution in [1.29, 1.82) is 0 Å². The van der Waals surface area contributed by atoms with Gasteiger partial charge in [-0.15, -0.1) is 0 Å². The smallest absolute Gasteiger partial charge is 0.325 e. The van der Waals surface area contributed by atoms with E-state index >= 15 is 0 Å². The Kier molecular flexibility index (Phi) is 4.03. The van der Waals surface area contributed by atoms with Gasteiger partial charge in [0.25, 0.3) is 5.56 Å². The Bertz CT molecular complexity index is 1250. The summed E-state index contributed by atoms with van der Waals surface area (Å²) < 4.78 is 2.97. The predicted molar refractivity (Wildman–Crippen MR) is 104 cm³/mol. The van der Waals surface area contributed by atoms with Gasteiger partial charge in [0, 0.05) is 22.8 Å². The first-order valence-corrected chi connectivity index (χ1v) is 8.70. The van der Waals surface area contributed by atoms with Crippen molar-refractivity contribution in [2.45, 2.75) is 26.9 Å². The lowest BCUT2D eigenvalue weighted by Gasteiger charge is -2.11. The average molecular weight is 361 g/mol. The van der Waals surface area contributed by atoms with E-state index in [1.165, 1.54) is 0 Å². The maximum atomic E-state index is 13.0. The zero-order chi connectivity index (χ0) is 19.1. The summed E-state index contributed by atoms with van der Waals surface area (Å²) in [5, 5.41) is 14.8. The molecule has 27 heavy (non-hydrogen) atoms. The highest BCUT2D eigenvalue weighted by atomic mass is 16.4. The van der Waals surface area contributed by atoms with Crippen molar-refractivity contribution < 1.29 is 9.90 Å². The molecule has 0 aliphatic heterocycles. The number of para-hydroxylation sites is 1. The summed E-state index contributed by atoms with van der Waals surface area (Å²) in [4.78, 5) is 24.1. The molecule has 136 valence electrons. The molecule has 0 aliphatic rings. The minimum Gasteiger partial charge on any atom is -0.480 e. The molecule has 0 unspecified atom stereocenters. The number of fused-ring (bicyclic) bond motifs is 3. The van der Waals surface area contributed by atoms with Crippen LogP contribution < -0.4 is 5.56 Å². The lowest BCUT2D eigenvalue weighted by Crippen LogP contribution is -2.27. The lowest BCUT2D eigenvalue weighted by atomic mass is 10.1. The molecule has 0 atom stereocenters. The molecule has 2 aromatic heterocycles. The highest BCUT2D eigenvalue weighted by molar-refractivity contribution is 6.07. The van der Waals surface area contributed by atoms with Crippen molar-refractivity contribution in [2.75, 3.05) is 0 Å². The molecule has 0 radical (unpaired) electrons. The molecular formula is C21H19N3O3. The van der Waals surface area contributed by atoms with Crippen molar-refractivity contribution in [2.24, 2.45) is 0 Å². The van der Waals surface area contributed by atoms with Crippen LogP contribution in [0.4, 0.5) is 0 Å². The van der Waals surface area contributed by atoms with Crippen LogP contribution in [0.2, 0.25) is 0 Å². The zero-order valence-corrected chi connectivity index (χ0v) is 15.1. The number of aromatic nitrogens is 3. The molecule has 6 heteroatoms. The molecule has 1 N–H and O–H groups in total. The number of carboxylic acid groups (broad SMARTS) is 1. The number of aryl methyl sites for hydroxylation is 2. The first-order valence-electron chi connectivity index (χ1n) is 8.70. The number of carbonyl (C=O) groups is 1. The van der Waals surface area contributed by atoms with Crippen LogP contribution in [0.15, 0.2) is 53.5 Å². The Hall–Kier alpha value is -3.41. The largest absolute Gasteiger partial charge is 0.480 e. The average Bonchev–Trinajstić information content (AvgIpc) is 2.95. The van der Waals surface area contributed by atoms with E-state index in [2.05, 4.69) is 23.3 Å². The van der Waals surface area contributed by atoms with E-state index in [9.17, 15) is 9.59 Å². The number of carboxylic acids is 1. The maximum absolute atomic E-state index is 13.0. The molecule has 0 bridgehead atoms. The summed E-state index contributed by atoms with van der Waals surface area (Å²) in [7, 11) is 0. The molecular weight excluding hydrogens is 342 g/mol. The molecule has 4 aromatic rings. The summed E-state index contributed by atoms with van der Waals surface area (Å²) in [6, 6.07) is 14.0. The van der Waals surface area contributed by atoms with Crippen LogP contribution in [0.3, 0.4) is 0 Å². The Morgan fingerprint density at radius 2 is 1.89 bits per heavy atom. The van der Waals surface area contributed by atoms with Gasteiger partial charge in [-0.2, -0.15) is 5.10 Å². The topological polar surface area (TPSA) is 77.1 Å². The standard InChI is InChI=1S/C21H19N3O3/c1-13-7-8-14(2)15(9-13)11-23-18-6-4-3-5-16(18)17-10-22-24(12-19(25)26)21(27)20(17)23/h3-10H,11-12H2,1-2H3,(H,25,26). The third-order valence-electron chi connectivity index (χ3n) is 4.89. The minimum absolute atomic E-state index is 0.392. The van der Waals surface area contributed by atoms with E-state index in [0.717, 1.165) is 37.7 Å². The minimum atomic E-state index is -1.10. The van der Waals surface area contributed by atoms with Crippen LogP contribution in [0.5, 0.6) is 0 Å². The first-order chi connectivity index (χ1) is 13.0. The van der Waals surface area contributed by atoms with Gasteiger partial charge in [-0.25, -0.2) is 4.68 Å². The number of hydrogen-bond donors (Lipinski definition) is 1. The van der Waals surface area contributed by atoms with E-state index in [-0.39, 0.29) is 0 Å². The summed E-state index contributed by atoms with van der Waals surface area (Å²) in [6.07, 6.45) is 1.58. The molecule has 2 heterocycles. The number of rotatable bonds is 4. The highest BCUT2D eigenvalue weighted by Gasteiger charge is 2.17. The molecule has 6 nitrogen and oxygen atoms in total. The predicted octanol–water partition coefficient (Wildman–Crippen LogP) is 3.10. The molecule has 0 spiro atoms. The fourth-order valence-corrected chi connectivity index (χ4v) is 3.54. The Morgan fingerprint density at radius 1 is 1.11 bits per heavy atom. The van der Waals surface area contributed by atoms with Gasteiger partial charge < -0.3 is 9.67 Å². The summed E-state index contributed by atoms with van der Waals surface area (Å²) in [5.41, 5.74) is 4.44.